The third kappa shape index (κ3) is 0.828. The molecule has 2 aliphatic heterocycles. The van der Waals surface area contributed by atoms with Crippen LogP contribution in [0.5, 0.6) is 0 Å². The zero-order chi connectivity index (χ0) is 9.54. The van der Waals surface area contributed by atoms with Crippen LogP contribution in [0.1, 0.15) is 11.7 Å². The monoisotopic (exact) mass is 183 g/mol. The predicted molar refractivity (Wildman–Crippen MR) is 55.4 cm³/mol. The maximum Gasteiger partial charge on any atom is 0.126 e. The van der Waals surface area contributed by atoms with Crippen molar-refractivity contribution in [2.24, 2.45) is 4.99 Å². The number of hydrogen-bond donors (Lipinski definition) is 0. The number of pyridine rings is 1. The minimum atomic E-state index is 0.109. The summed E-state index contributed by atoms with van der Waals surface area (Å²) in [6.45, 7) is 0. The first-order valence-corrected chi connectivity index (χ1v) is 4.58. The van der Waals surface area contributed by atoms with Crippen LogP contribution in [0.3, 0.4) is 0 Å². The van der Waals surface area contributed by atoms with E-state index in [0.717, 1.165) is 11.4 Å². The number of anilines is 1. The van der Waals surface area contributed by atoms with Crippen LogP contribution >= 0.6 is 0 Å². The quantitative estimate of drug-likeness (QED) is 0.562. The van der Waals surface area contributed by atoms with Crippen LogP contribution < -0.4 is 4.90 Å². The van der Waals surface area contributed by atoms with E-state index in [0.29, 0.717) is 0 Å². The molecular formula is C11H9N3. The zero-order valence-electron chi connectivity index (χ0n) is 7.81. The second-order valence-corrected chi connectivity index (χ2v) is 3.48. The van der Waals surface area contributed by atoms with Gasteiger partial charge in [0.1, 0.15) is 12.1 Å². The van der Waals surface area contributed by atoms with E-state index in [-0.39, 0.29) is 12.1 Å². The summed E-state index contributed by atoms with van der Waals surface area (Å²) in [6, 6.07) is 4.30. The van der Waals surface area contributed by atoms with Gasteiger partial charge in [0, 0.05) is 13.2 Å². The molecule has 2 aliphatic rings. The Morgan fingerprint density at radius 3 is 3.36 bits per heavy atom. The third-order valence-corrected chi connectivity index (χ3v) is 2.72. The zero-order valence-corrected chi connectivity index (χ0v) is 7.81. The highest BCUT2D eigenvalue weighted by molar-refractivity contribution is 5.81. The van der Waals surface area contributed by atoms with E-state index in [4.69, 9.17) is 0 Å². The Balaban J connectivity index is 2.19. The van der Waals surface area contributed by atoms with Gasteiger partial charge in [0.25, 0.3) is 0 Å². The molecule has 1 aromatic heterocycles. The van der Waals surface area contributed by atoms with Crippen LogP contribution in [0.2, 0.25) is 0 Å². The number of nitrogens with zero attached hydrogens (tertiary/aromatic N) is 3. The summed E-state index contributed by atoms with van der Waals surface area (Å²) < 4.78 is 0. The van der Waals surface area contributed by atoms with Crippen LogP contribution in [-0.4, -0.2) is 24.3 Å². The summed E-state index contributed by atoms with van der Waals surface area (Å²) in [7, 11) is 2.04. The molecule has 0 radical (unpaired) electrons. The Bertz CT molecular complexity index is 467. The van der Waals surface area contributed by atoms with Crippen LogP contribution in [0.25, 0.3) is 0 Å². The Hall–Kier alpha value is -1.82. The lowest BCUT2D eigenvalue weighted by Gasteiger charge is -2.20. The number of rotatable bonds is 0. The lowest BCUT2D eigenvalue weighted by molar-refractivity contribution is 0.659. The molecule has 3 nitrogen and oxygen atoms in total. The van der Waals surface area contributed by atoms with Gasteiger partial charge in [-0.05, 0) is 12.1 Å². The summed E-state index contributed by atoms with van der Waals surface area (Å²) in [5.74, 6) is 6.07. The summed E-state index contributed by atoms with van der Waals surface area (Å²) in [5.41, 5.74) is 2.20. The summed E-state index contributed by atoms with van der Waals surface area (Å²) in [6.07, 6.45) is 3.49. The number of aromatic nitrogens is 1. The third-order valence-electron chi connectivity index (χ3n) is 2.72. The highest BCUT2D eigenvalue weighted by Crippen LogP contribution is 2.39. The van der Waals surface area contributed by atoms with Crippen LogP contribution in [0.15, 0.2) is 23.3 Å². The van der Waals surface area contributed by atoms with Gasteiger partial charge in [0.2, 0.25) is 0 Å². The molecule has 2 atom stereocenters. The topological polar surface area (TPSA) is 28.5 Å². The molecule has 0 aromatic carbocycles. The smallest absolute Gasteiger partial charge is 0.126 e. The van der Waals surface area contributed by atoms with Crippen LogP contribution in [0, 0.1) is 11.8 Å². The van der Waals surface area contributed by atoms with Crippen molar-refractivity contribution in [3.05, 3.63) is 24.0 Å². The van der Waals surface area contributed by atoms with Crippen molar-refractivity contribution in [1.82, 2.24) is 4.98 Å². The fourth-order valence-corrected chi connectivity index (χ4v) is 2.01. The largest absolute Gasteiger partial charge is 0.357 e. The number of fused-ring (bicyclic) bond motifs is 3. The van der Waals surface area contributed by atoms with E-state index in [1.807, 2.05) is 19.3 Å². The fourth-order valence-electron chi connectivity index (χ4n) is 2.01. The Morgan fingerprint density at radius 2 is 2.43 bits per heavy atom. The highest BCUT2D eigenvalue weighted by Gasteiger charge is 2.36. The first-order valence-electron chi connectivity index (χ1n) is 4.58. The van der Waals surface area contributed by atoms with Crippen molar-refractivity contribution in [3.63, 3.8) is 0 Å². The van der Waals surface area contributed by atoms with Crippen LogP contribution in [-0.2, 0) is 0 Å². The Labute approximate surface area is 82.5 Å². The molecule has 0 amide bonds. The van der Waals surface area contributed by atoms with Crippen LogP contribution in [0.4, 0.5) is 5.69 Å². The molecule has 2 unspecified atom stereocenters. The number of hydrogen-bond acceptors (Lipinski definition) is 3. The van der Waals surface area contributed by atoms with E-state index >= 15 is 0 Å². The first-order chi connectivity index (χ1) is 6.88. The molecule has 3 heterocycles. The molecular weight excluding hydrogens is 174 g/mol. The maximum atomic E-state index is 4.38. The van der Waals surface area contributed by atoms with Gasteiger partial charge in [0.15, 0.2) is 0 Å². The average molecular weight is 183 g/mol. The molecule has 3 rings (SSSR count). The van der Waals surface area contributed by atoms with Crippen molar-refractivity contribution < 1.29 is 0 Å². The lowest BCUT2D eigenvalue weighted by atomic mass is 10.1. The first kappa shape index (κ1) is 7.57. The van der Waals surface area contributed by atoms with Gasteiger partial charge in [-0.15, -0.1) is 0 Å². The minimum absolute atomic E-state index is 0.109. The Morgan fingerprint density at radius 1 is 1.50 bits per heavy atom. The fraction of sp³-hybridized carbons (Fsp3) is 0.273. The molecule has 1 aromatic rings. The van der Waals surface area contributed by atoms with Gasteiger partial charge < -0.3 is 4.90 Å². The van der Waals surface area contributed by atoms with Crippen molar-refractivity contribution in [1.29, 1.82) is 0 Å². The van der Waals surface area contributed by atoms with E-state index in [1.165, 1.54) is 0 Å². The molecule has 14 heavy (non-hydrogen) atoms. The van der Waals surface area contributed by atoms with Gasteiger partial charge in [-0.25, -0.2) is 0 Å². The van der Waals surface area contributed by atoms with Gasteiger partial charge in [-0.2, -0.15) is 0 Å². The van der Waals surface area contributed by atoms with Crippen molar-refractivity contribution >= 4 is 11.9 Å². The summed E-state index contributed by atoms with van der Waals surface area (Å²) >= 11 is 0. The Kier molecular flexibility index (Phi) is 1.40. The van der Waals surface area contributed by atoms with E-state index < -0.39 is 0 Å². The minimum Gasteiger partial charge on any atom is -0.357 e. The van der Waals surface area contributed by atoms with Crippen molar-refractivity contribution in [3.8, 4) is 11.8 Å². The highest BCUT2D eigenvalue weighted by atomic mass is 15.2. The summed E-state index contributed by atoms with van der Waals surface area (Å²) in [4.78, 5) is 10.9. The predicted octanol–water partition coefficient (Wildman–Crippen LogP) is 1.03. The standard InChI is InChI=1S/C11H9N3/c1-14-8-4-2-6-12-10(8)11-9(14)5-3-7-13-11/h2,4,6-7,9,11H,1H3. The molecule has 0 bridgehead atoms. The van der Waals surface area contributed by atoms with Gasteiger partial charge in [-0.3, -0.25) is 9.98 Å². The second-order valence-electron chi connectivity index (χ2n) is 3.48. The van der Waals surface area contributed by atoms with E-state index in [9.17, 15) is 0 Å². The molecule has 3 heteroatoms. The van der Waals surface area contributed by atoms with Gasteiger partial charge >= 0.3 is 0 Å². The van der Waals surface area contributed by atoms with Gasteiger partial charge in [-0.1, -0.05) is 11.8 Å². The second kappa shape index (κ2) is 2.58. The molecule has 0 aliphatic carbocycles. The maximum absolute atomic E-state index is 4.38. The van der Waals surface area contributed by atoms with E-state index in [1.54, 1.807) is 6.21 Å². The van der Waals surface area contributed by atoms with Crippen molar-refractivity contribution in [2.45, 2.75) is 12.1 Å². The van der Waals surface area contributed by atoms with Crippen molar-refractivity contribution in [2.75, 3.05) is 11.9 Å². The SMILES string of the molecule is CN1c2cccnc2C2N=CC#CC21. The summed E-state index contributed by atoms with van der Waals surface area (Å²) in [5, 5.41) is 0. The van der Waals surface area contributed by atoms with Gasteiger partial charge in [0.05, 0.1) is 17.6 Å². The molecule has 0 fully saturated rings. The number of likely N-dealkylation sites (N-methyl/N-ethyl adjacent to an activating group) is 1. The molecule has 0 spiro atoms. The number of aliphatic imine (C=N–C) groups is 1. The molecule has 0 N–H and O–H groups in total. The molecule has 68 valence electrons. The average Bonchev–Trinajstić information content (AvgIpc) is 2.55. The lowest BCUT2D eigenvalue weighted by Crippen LogP contribution is -2.29. The normalized spacial score (nSPS) is 26.5. The van der Waals surface area contributed by atoms with E-state index in [2.05, 4.69) is 32.8 Å². The molecule has 0 saturated carbocycles. The molecule has 0 saturated heterocycles.